The zero-order valence-corrected chi connectivity index (χ0v) is 10.9. The first kappa shape index (κ1) is 14.4. The lowest BCUT2D eigenvalue weighted by Gasteiger charge is -1.99. The summed E-state index contributed by atoms with van der Waals surface area (Å²) in [5, 5.41) is 1.45. The van der Waals surface area contributed by atoms with Crippen LogP contribution in [0.5, 0.6) is 0 Å². The third-order valence-corrected chi connectivity index (χ3v) is 2.15. The molecule has 0 nitrogen and oxygen atoms in total. The minimum absolute atomic E-state index is 0.723. The van der Waals surface area contributed by atoms with E-state index in [0.717, 1.165) is 22.9 Å². The number of halogens is 2. The van der Waals surface area contributed by atoms with Gasteiger partial charge in [0.25, 0.3) is 0 Å². The zero-order chi connectivity index (χ0) is 11.7. The van der Waals surface area contributed by atoms with Gasteiger partial charge in [0.15, 0.2) is 0 Å². The molecule has 15 heavy (non-hydrogen) atoms. The lowest BCUT2D eigenvalue weighted by atomic mass is 10.1. The van der Waals surface area contributed by atoms with Gasteiger partial charge < -0.3 is 0 Å². The van der Waals surface area contributed by atoms with Gasteiger partial charge >= 0.3 is 0 Å². The Morgan fingerprint density at radius 1 is 1.00 bits per heavy atom. The van der Waals surface area contributed by atoms with E-state index in [1.165, 1.54) is 5.56 Å². The van der Waals surface area contributed by atoms with Gasteiger partial charge in [-0.3, -0.25) is 0 Å². The minimum atomic E-state index is 0.723. The molecule has 1 rings (SSSR count). The summed E-state index contributed by atoms with van der Waals surface area (Å²) in [5.41, 5.74) is 1.21. The monoisotopic (exact) mass is 242 g/mol. The van der Waals surface area contributed by atoms with Crippen LogP contribution < -0.4 is 0 Å². The van der Waals surface area contributed by atoms with Crippen molar-refractivity contribution in [2.24, 2.45) is 0 Å². The molecular formula is C13H16Cl2. The van der Waals surface area contributed by atoms with Gasteiger partial charge in [0.1, 0.15) is 0 Å². The normalized spacial score (nSPS) is 8.33. The second-order valence-corrected chi connectivity index (χ2v) is 3.90. The van der Waals surface area contributed by atoms with Crippen molar-refractivity contribution >= 4 is 23.2 Å². The summed E-state index contributed by atoms with van der Waals surface area (Å²) in [6.45, 7) is 5.77. The predicted molar refractivity (Wildman–Crippen MR) is 69.6 cm³/mol. The van der Waals surface area contributed by atoms with Gasteiger partial charge in [-0.25, -0.2) is 0 Å². The maximum absolute atomic E-state index is 5.80. The summed E-state index contributed by atoms with van der Waals surface area (Å²) < 4.78 is 0. The molecule has 1 aromatic carbocycles. The van der Waals surface area contributed by atoms with E-state index in [1.807, 2.05) is 26.0 Å². The summed E-state index contributed by atoms with van der Waals surface area (Å²) in [4.78, 5) is 0. The standard InChI is InChI=1S/C9H10Cl2.C4H6/c1-2-3-7-4-8(10)6-9(11)5-7;1-3-4-2/h4-6H,2-3H2,1H3;1-2H3. The van der Waals surface area contributed by atoms with Gasteiger partial charge in [0.2, 0.25) is 0 Å². The first-order valence-electron chi connectivity index (χ1n) is 4.92. The van der Waals surface area contributed by atoms with E-state index in [9.17, 15) is 0 Å². The van der Waals surface area contributed by atoms with Crippen molar-refractivity contribution < 1.29 is 0 Å². The first-order valence-corrected chi connectivity index (χ1v) is 5.68. The van der Waals surface area contributed by atoms with E-state index in [1.54, 1.807) is 6.07 Å². The Balaban J connectivity index is 0.000000423. The molecule has 0 unspecified atom stereocenters. The molecule has 0 N–H and O–H groups in total. The number of benzene rings is 1. The van der Waals surface area contributed by atoms with Gasteiger partial charge in [0.05, 0.1) is 0 Å². The third kappa shape index (κ3) is 7.31. The maximum Gasteiger partial charge on any atom is 0.0423 e. The molecule has 1 aromatic rings. The molecule has 0 radical (unpaired) electrons. The number of hydrogen-bond acceptors (Lipinski definition) is 0. The highest BCUT2D eigenvalue weighted by Gasteiger charge is 1.95. The third-order valence-electron chi connectivity index (χ3n) is 1.71. The lowest BCUT2D eigenvalue weighted by Crippen LogP contribution is -1.82. The highest BCUT2D eigenvalue weighted by atomic mass is 35.5. The van der Waals surface area contributed by atoms with Gasteiger partial charge in [-0.2, -0.15) is 0 Å². The van der Waals surface area contributed by atoms with Crippen molar-refractivity contribution in [1.82, 2.24) is 0 Å². The highest BCUT2D eigenvalue weighted by molar-refractivity contribution is 6.34. The number of rotatable bonds is 2. The molecule has 0 aliphatic rings. The van der Waals surface area contributed by atoms with Crippen LogP contribution in [0, 0.1) is 11.8 Å². The van der Waals surface area contributed by atoms with E-state index in [2.05, 4.69) is 18.8 Å². The molecule has 82 valence electrons. The molecule has 0 amide bonds. The van der Waals surface area contributed by atoms with E-state index >= 15 is 0 Å². The average Bonchev–Trinajstić information content (AvgIpc) is 2.17. The van der Waals surface area contributed by atoms with Crippen LogP contribution in [0.3, 0.4) is 0 Å². The fourth-order valence-electron chi connectivity index (χ4n) is 1.04. The van der Waals surface area contributed by atoms with Crippen LogP contribution >= 0.6 is 23.2 Å². The molecule has 0 saturated heterocycles. The van der Waals surface area contributed by atoms with Gasteiger partial charge in [-0.05, 0) is 44.0 Å². The zero-order valence-electron chi connectivity index (χ0n) is 9.40. The van der Waals surface area contributed by atoms with E-state index in [-0.39, 0.29) is 0 Å². The van der Waals surface area contributed by atoms with E-state index in [4.69, 9.17) is 23.2 Å². The van der Waals surface area contributed by atoms with Gasteiger partial charge in [-0.15, -0.1) is 11.8 Å². The van der Waals surface area contributed by atoms with Crippen molar-refractivity contribution in [3.8, 4) is 11.8 Å². The van der Waals surface area contributed by atoms with Crippen LogP contribution in [0.1, 0.15) is 32.8 Å². The van der Waals surface area contributed by atoms with Crippen LogP contribution in [0.25, 0.3) is 0 Å². The lowest BCUT2D eigenvalue weighted by molar-refractivity contribution is 0.922. The van der Waals surface area contributed by atoms with Gasteiger partial charge in [-0.1, -0.05) is 36.5 Å². The number of aryl methyl sites for hydroxylation is 1. The molecule has 0 aliphatic carbocycles. The largest absolute Gasteiger partial charge is 0.107 e. The molecular weight excluding hydrogens is 227 g/mol. The topological polar surface area (TPSA) is 0 Å². The Bertz CT molecular complexity index is 319. The van der Waals surface area contributed by atoms with E-state index in [0.29, 0.717) is 0 Å². The Labute approximate surface area is 103 Å². The Morgan fingerprint density at radius 3 is 1.80 bits per heavy atom. The molecule has 0 atom stereocenters. The Kier molecular flexibility index (Phi) is 8.28. The molecule has 0 spiro atoms. The fraction of sp³-hybridized carbons (Fsp3) is 0.385. The van der Waals surface area contributed by atoms with Crippen molar-refractivity contribution in [3.63, 3.8) is 0 Å². The molecule has 0 fully saturated rings. The summed E-state index contributed by atoms with van der Waals surface area (Å²) in [6, 6.07) is 5.66. The predicted octanol–water partition coefficient (Wildman–Crippen LogP) is 4.98. The second-order valence-electron chi connectivity index (χ2n) is 3.03. The van der Waals surface area contributed by atoms with Gasteiger partial charge in [0, 0.05) is 10.0 Å². The van der Waals surface area contributed by atoms with Crippen molar-refractivity contribution in [3.05, 3.63) is 33.8 Å². The molecule has 0 aromatic heterocycles. The minimum Gasteiger partial charge on any atom is -0.107 e. The molecule has 2 heteroatoms. The average molecular weight is 243 g/mol. The summed E-state index contributed by atoms with van der Waals surface area (Å²) in [7, 11) is 0. The van der Waals surface area contributed by atoms with Crippen LogP contribution in [0.2, 0.25) is 10.0 Å². The quantitative estimate of drug-likeness (QED) is 0.643. The maximum atomic E-state index is 5.80. The van der Waals surface area contributed by atoms with Crippen molar-refractivity contribution in [2.45, 2.75) is 33.6 Å². The SMILES string of the molecule is CC#CC.CCCc1cc(Cl)cc(Cl)c1. The van der Waals surface area contributed by atoms with Crippen LogP contribution in [-0.2, 0) is 6.42 Å². The summed E-state index contributed by atoms with van der Waals surface area (Å²) >= 11 is 11.6. The van der Waals surface area contributed by atoms with Crippen molar-refractivity contribution in [2.75, 3.05) is 0 Å². The Morgan fingerprint density at radius 2 is 1.47 bits per heavy atom. The molecule has 0 aliphatic heterocycles. The highest BCUT2D eigenvalue weighted by Crippen LogP contribution is 2.19. The molecule has 0 bridgehead atoms. The summed E-state index contributed by atoms with van der Waals surface area (Å²) in [6.07, 6.45) is 2.16. The Hall–Kier alpha value is -0.640. The second kappa shape index (κ2) is 8.65. The van der Waals surface area contributed by atoms with E-state index < -0.39 is 0 Å². The van der Waals surface area contributed by atoms with Crippen LogP contribution in [0.4, 0.5) is 0 Å². The number of hydrogen-bond donors (Lipinski definition) is 0. The smallest absolute Gasteiger partial charge is 0.0423 e. The summed E-state index contributed by atoms with van der Waals surface area (Å²) in [5.74, 6) is 5.36. The molecule has 0 heterocycles. The fourth-order valence-corrected chi connectivity index (χ4v) is 1.62. The molecule has 0 saturated carbocycles. The van der Waals surface area contributed by atoms with Crippen molar-refractivity contribution in [1.29, 1.82) is 0 Å². The van der Waals surface area contributed by atoms with Crippen LogP contribution in [0.15, 0.2) is 18.2 Å². The van der Waals surface area contributed by atoms with Crippen LogP contribution in [-0.4, -0.2) is 0 Å². The first-order chi connectivity index (χ1) is 7.13.